The fourth-order valence-corrected chi connectivity index (χ4v) is 3.86. The van der Waals surface area contributed by atoms with Crippen molar-refractivity contribution in [3.05, 3.63) is 54.1 Å². The van der Waals surface area contributed by atoms with Crippen LogP contribution in [0.3, 0.4) is 0 Å². The minimum atomic E-state index is -0.194. The maximum atomic E-state index is 12.5. The van der Waals surface area contributed by atoms with Crippen molar-refractivity contribution in [2.75, 3.05) is 10.6 Å². The summed E-state index contributed by atoms with van der Waals surface area (Å²) in [6.07, 6.45) is 3.63. The molecule has 1 atom stereocenters. The zero-order valence-electron chi connectivity index (χ0n) is 16.4. The van der Waals surface area contributed by atoms with E-state index in [4.69, 9.17) is 0 Å². The molecule has 8 nitrogen and oxygen atoms in total. The zero-order valence-corrected chi connectivity index (χ0v) is 16.4. The molecule has 2 aromatic carbocycles. The molecule has 1 aliphatic carbocycles. The maximum absolute atomic E-state index is 12.5. The van der Waals surface area contributed by atoms with E-state index in [-0.39, 0.29) is 24.2 Å². The number of hydrogen-bond donors (Lipinski definition) is 2. The Morgan fingerprint density at radius 3 is 2.90 bits per heavy atom. The molecule has 2 heterocycles. The fourth-order valence-electron chi connectivity index (χ4n) is 3.86. The van der Waals surface area contributed by atoms with Gasteiger partial charge in [-0.05, 0) is 59.9 Å². The highest BCUT2D eigenvalue weighted by Crippen LogP contribution is 2.36. The van der Waals surface area contributed by atoms with Crippen molar-refractivity contribution in [1.29, 1.82) is 0 Å². The van der Waals surface area contributed by atoms with Crippen LogP contribution in [0.25, 0.3) is 11.4 Å². The Kier molecular flexibility index (Phi) is 4.74. The van der Waals surface area contributed by atoms with E-state index < -0.39 is 0 Å². The van der Waals surface area contributed by atoms with Crippen LogP contribution < -0.4 is 10.6 Å². The number of aromatic nitrogens is 4. The minimum absolute atomic E-state index is 0.0181. The monoisotopic (exact) mass is 402 g/mol. The number of nitrogens with zero attached hydrogens (tertiary/aromatic N) is 4. The highest BCUT2D eigenvalue weighted by atomic mass is 16.2. The minimum Gasteiger partial charge on any atom is -0.326 e. The SMILES string of the molecule is O=C(CCC1Cc2ccccc2NC1=O)Nc1cccc(-c2nnnn2C2CC2)c1. The van der Waals surface area contributed by atoms with Crippen LogP contribution in [0.4, 0.5) is 11.4 Å². The number of amides is 2. The Bertz CT molecular complexity index is 1100. The van der Waals surface area contributed by atoms with E-state index in [0.29, 0.717) is 30.4 Å². The van der Waals surface area contributed by atoms with E-state index in [1.165, 1.54) is 0 Å². The fraction of sp³-hybridized carbons (Fsp3) is 0.318. The first-order valence-electron chi connectivity index (χ1n) is 10.2. The molecule has 3 aromatic rings. The van der Waals surface area contributed by atoms with Crippen LogP contribution in [-0.4, -0.2) is 32.0 Å². The van der Waals surface area contributed by atoms with E-state index in [1.54, 1.807) is 0 Å². The smallest absolute Gasteiger partial charge is 0.227 e. The van der Waals surface area contributed by atoms with Crippen LogP contribution in [-0.2, 0) is 16.0 Å². The van der Waals surface area contributed by atoms with Crippen LogP contribution in [0.1, 0.15) is 37.3 Å². The van der Waals surface area contributed by atoms with Crippen molar-refractivity contribution in [1.82, 2.24) is 20.2 Å². The van der Waals surface area contributed by atoms with E-state index in [0.717, 1.165) is 29.7 Å². The summed E-state index contributed by atoms with van der Waals surface area (Å²) in [7, 11) is 0. The highest BCUT2D eigenvalue weighted by Gasteiger charge is 2.28. The van der Waals surface area contributed by atoms with Crippen LogP contribution in [0.2, 0.25) is 0 Å². The molecule has 0 spiro atoms. The molecule has 152 valence electrons. The van der Waals surface area contributed by atoms with Gasteiger partial charge in [0.25, 0.3) is 0 Å². The quantitative estimate of drug-likeness (QED) is 0.659. The number of para-hydroxylation sites is 1. The third kappa shape index (κ3) is 3.80. The Morgan fingerprint density at radius 1 is 1.17 bits per heavy atom. The summed E-state index contributed by atoms with van der Waals surface area (Å²) >= 11 is 0. The first kappa shape index (κ1) is 18.5. The average Bonchev–Trinajstić information content (AvgIpc) is 3.48. The normalized spacial score (nSPS) is 17.9. The second kappa shape index (κ2) is 7.70. The van der Waals surface area contributed by atoms with Crippen molar-refractivity contribution in [3.8, 4) is 11.4 Å². The van der Waals surface area contributed by atoms with E-state index in [9.17, 15) is 9.59 Å². The van der Waals surface area contributed by atoms with Crippen molar-refractivity contribution in [2.24, 2.45) is 5.92 Å². The number of fused-ring (bicyclic) bond motifs is 1. The lowest BCUT2D eigenvalue weighted by Crippen LogP contribution is -2.30. The number of nitrogens with one attached hydrogen (secondary N) is 2. The van der Waals surface area contributed by atoms with Gasteiger partial charge in [0.05, 0.1) is 6.04 Å². The predicted molar refractivity (Wildman–Crippen MR) is 112 cm³/mol. The largest absolute Gasteiger partial charge is 0.326 e. The average molecular weight is 402 g/mol. The van der Waals surface area contributed by atoms with E-state index >= 15 is 0 Å². The van der Waals surface area contributed by atoms with Gasteiger partial charge in [0.2, 0.25) is 11.8 Å². The summed E-state index contributed by atoms with van der Waals surface area (Å²) in [5.41, 5.74) is 3.55. The molecule has 1 unspecified atom stereocenters. The Hall–Kier alpha value is -3.55. The molecule has 0 radical (unpaired) electrons. The number of rotatable bonds is 6. The topological polar surface area (TPSA) is 102 Å². The predicted octanol–water partition coefficient (Wildman–Crippen LogP) is 3.20. The Morgan fingerprint density at radius 2 is 2.03 bits per heavy atom. The molecule has 1 saturated carbocycles. The van der Waals surface area contributed by atoms with Gasteiger partial charge in [-0.2, -0.15) is 0 Å². The molecular formula is C22H22N6O2. The van der Waals surface area contributed by atoms with Crippen molar-refractivity contribution in [3.63, 3.8) is 0 Å². The number of carbonyl (C=O) groups excluding carboxylic acids is 2. The molecule has 0 saturated heterocycles. The van der Waals surface area contributed by atoms with Gasteiger partial charge in [0.1, 0.15) is 0 Å². The Labute approximate surface area is 173 Å². The van der Waals surface area contributed by atoms with Gasteiger partial charge in [-0.3, -0.25) is 9.59 Å². The van der Waals surface area contributed by atoms with Crippen molar-refractivity contribution in [2.45, 2.75) is 38.1 Å². The molecule has 30 heavy (non-hydrogen) atoms. The van der Waals surface area contributed by atoms with Crippen LogP contribution in [0, 0.1) is 5.92 Å². The highest BCUT2D eigenvalue weighted by molar-refractivity contribution is 5.96. The van der Waals surface area contributed by atoms with Crippen molar-refractivity contribution >= 4 is 23.2 Å². The second-order valence-corrected chi connectivity index (χ2v) is 7.89. The number of benzene rings is 2. The molecule has 2 aliphatic rings. The van der Waals surface area contributed by atoms with Gasteiger partial charge in [-0.1, -0.05) is 30.3 Å². The van der Waals surface area contributed by atoms with Crippen LogP contribution >= 0.6 is 0 Å². The molecule has 1 fully saturated rings. The molecule has 1 aromatic heterocycles. The number of hydrogen-bond acceptors (Lipinski definition) is 5. The lowest BCUT2D eigenvalue weighted by Gasteiger charge is -2.24. The molecular weight excluding hydrogens is 380 g/mol. The summed E-state index contributed by atoms with van der Waals surface area (Å²) in [5.74, 6) is 0.391. The van der Waals surface area contributed by atoms with Gasteiger partial charge < -0.3 is 10.6 Å². The van der Waals surface area contributed by atoms with Crippen LogP contribution in [0.5, 0.6) is 0 Å². The summed E-state index contributed by atoms with van der Waals surface area (Å²) < 4.78 is 1.85. The number of carbonyl (C=O) groups is 2. The molecule has 2 N–H and O–H groups in total. The number of anilines is 2. The van der Waals surface area contributed by atoms with E-state index in [2.05, 4.69) is 26.2 Å². The molecule has 8 heteroatoms. The summed E-state index contributed by atoms with van der Waals surface area (Å²) in [5, 5.41) is 17.9. The third-order valence-corrected chi connectivity index (χ3v) is 5.62. The third-order valence-electron chi connectivity index (χ3n) is 5.62. The maximum Gasteiger partial charge on any atom is 0.227 e. The standard InChI is InChI=1S/C22H22N6O2/c29-20(11-8-16-12-14-4-1-2-7-19(14)24-22(16)30)23-17-6-3-5-15(13-17)21-25-26-27-28(21)18-9-10-18/h1-7,13,16,18H,8-12H2,(H,23,29)(H,24,30). The Balaban J connectivity index is 1.21. The molecule has 2 amide bonds. The van der Waals surface area contributed by atoms with Gasteiger partial charge >= 0.3 is 0 Å². The summed E-state index contributed by atoms with van der Waals surface area (Å²) in [4.78, 5) is 24.8. The van der Waals surface area contributed by atoms with Crippen molar-refractivity contribution < 1.29 is 9.59 Å². The molecule has 1 aliphatic heterocycles. The van der Waals surface area contributed by atoms with E-state index in [1.807, 2.05) is 53.2 Å². The second-order valence-electron chi connectivity index (χ2n) is 7.89. The zero-order chi connectivity index (χ0) is 20.5. The van der Waals surface area contributed by atoms with Gasteiger partial charge in [0.15, 0.2) is 5.82 Å². The first-order valence-corrected chi connectivity index (χ1v) is 10.2. The van der Waals surface area contributed by atoms with Gasteiger partial charge in [0, 0.05) is 29.3 Å². The van der Waals surface area contributed by atoms with Gasteiger partial charge in [-0.25, -0.2) is 4.68 Å². The molecule has 0 bridgehead atoms. The first-order chi connectivity index (χ1) is 14.7. The lowest BCUT2D eigenvalue weighted by atomic mass is 9.89. The van der Waals surface area contributed by atoms with Crippen LogP contribution in [0.15, 0.2) is 48.5 Å². The summed E-state index contributed by atoms with van der Waals surface area (Å²) in [6, 6.07) is 15.7. The number of tetrazole rings is 1. The lowest BCUT2D eigenvalue weighted by molar-refractivity contribution is -0.121. The molecule has 5 rings (SSSR count). The summed E-state index contributed by atoms with van der Waals surface area (Å²) in [6.45, 7) is 0. The van der Waals surface area contributed by atoms with Gasteiger partial charge in [-0.15, -0.1) is 5.10 Å².